The molecule has 0 aliphatic heterocycles. The molecule has 0 unspecified atom stereocenters. The number of halogens is 3. The molecule has 1 heterocycles. The first-order valence-corrected chi connectivity index (χ1v) is 4.68. The van der Waals surface area contributed by atoms with Gasteiger partial charge in [-0.3, -0.25) is 9.78 Å². The summed E-state index contributed by atoms with van der Waals surface area (Å²) in [6.45, 7) is -0.187. The van der Waals surface area contributed by atoms with Crippen LogP contribution in [0.25, 0.3) is 0 Å². The molecule has 1 rings (SSSR count). The molecule has 0 saturated heterocycles. The highest BCUT2D eigenvalue weighted by molar-refractivity contribution is 5.73. The second-order valence-electron chi connectivity index (χ2n) is 3.30. The number of carboxylic acid groups (broad SMARTS) is 1. The zero-order valence-electron chi connectivity index (χ0n) is 8.99. The van der Waals surface area contributed by atoms with Crippen molar-refractivity contribution in [1.82, 2.24) is 4.98 Å². The first kappa shape index (κ1) is 14.0. The average Bonchev–Trinajstić information content (AvgIpc) is 2.21. The minimum absolute atomic E-state index is 0.00314. The van der Waals surface area contributed by atoms with Crippen molar-refractivity contribution in [1.29, 1.82) is 0 Å². The molecule has 100 valence electrons. The van der Waals surface area contributed by atoms with E-state index in [0.29, 0.717) is 0 Å². The van der Waals surface area contributed by atoms with Crippen molar-refractivity contribution < 1.29 is 27.8 Å². The van der Waals surface area contributed by atoms with Crippen molar-refractivity contribution in [2.45, 2.75) is 19.3 Å². The van der Waals surface area contributed by atoms with Gasteiger partial charge in [-0.2, -0.15) is 0 Å². The Labute approximate surface area is 99.4 Å². The fraction of sp³-hybridized carbons (Fsp3) is 0.333. The van der Waals surface area contributed by atoms with E-state index in [9.17, 15) is 18.0 Å². The van der Waals surface area contributed by atoms with Gasteiger partial charge in [-0.15, -0.1) is 13.2 Å². The lowest BCUT2D eigenvalue weighted by Crippen LogP contribution is -2.21. The van der Waals surface area contributed by atoms with E-state index in [1.165, 1.54) is 0 Å². The number of alkyl halides is 3. The van der Waals surface area contributed by atoms with Gasteiger partial charge in [0.1, 0.15) is 0 Å². The Kier molecular flexibility index (Phi) is 3.96. The van der Waals surface area contributed by atoms with Crippen LogP contribution in [0.4, 0.5) is 18.9 Å². The number of anilines is 1. The van der Waals surface area contributed by atoms with Crippen LogP contribution in [0.15, 0.2) is 6.20 Å². The van der Waals surface area contributed by atoms with Crippen LogP contribution in [0, 0.1) is 0 Å². The summed E-state index contributed by atoms with van der Waals surface area (Å²) in [5.74, 6) is -2.09. The zero-order valence-corrected chi connectivity index (χ0v) is 8.99. The van der Waals surface area contributed by atoms with Crippen molar-refractivity contribution in [3.63, 3.8) is 0 Å². The van der Waals surface area contributed by atoms with Crippen molar-refractivity contribution in [2.24, 2.45) is 5.73 Å². The summed E-state index contributed by atoms with van der Waals surface area (Å²) in [5, 5.41) is 8.58. The Morgan fingerprint density at radius 3 is 2.56 bits per heavy atom. The molecule has 0 aromatic carbocycles. The molecule has 1 aromatic heterocycles. The molecule has 5 N–H and O–H groups in total. The molecule has 0 bridgehead atoms. The lowest BCUT2D eigenvalue weighted by molar-refractivity contribution is -0.274. The highest BCUT2D eigenvalue weighted by atomic mass is 19.4. The lowest BCUT2D eigenvalue weighted by Gasteiger charge is -2.16. The number of rotatable bonds is 4. The molecule has 6 nitrogen and oxygen atoms in total. The van der Waals surface area contributed by atoms with Crippen LogP contribution >= 0.6 is 0 Å². The molecule has 18 heavy (non-hydrogen) atoms. The number of ether oxygens (including phenoxy) is 1. The number of aliphatic carboxylic acids is 1. The molecule has 9 heteroatoms. The normalized spacial score (nSPS) is 11.3. The number of nitrogens with zero attached hydrogens (tertiary/aromatic N) is 1. The number of hydrogen-bond donors (Lipinski definition) is 3. The number of pyridine rings is 1. The predicted octanol–water partition coefficient (Wildman–Crippen LogP) is 0.648. The second kappa shape index (κ2) is 5.08. The van der Waals surface area contributed by atoms with E-state index in [1.807, 2.05) is 0 Å². The van der Waals surface area contributed by atoms with Crippen molar-refractivity contribution in [3.8, 4) is 5.75 Å². The van der Waals surface area contributed by atoms with E-state index in [1.54, 1.807) is 0 Å². The first-order valence-electron chi connectivity index (χ1n) is 4.68. The quantitative estimate of drug-likeness (QED) is 0.736. The molecular weight excluding hydrogens is 255 g/mol. The van der Waals surface area contributed by atoms with Gasteiger partial charge >= 0.3 is 12.3 Å². The van der Waals surface area contributed by atoms with Gasteiger partial charge in [0.05, 0.1) is 17.8 Å². The summed E-state index contributed by atoms with van der Waals surface area (Å²) < 4.78 is 40.3. The highest BCUT2D eigenvalue weighted by Crippen LogP contribution is 2.33. The summed E-state index contributed by atoms with van der Waals surface area (Å²) in [7, 11) is 0. The summed E-state index contributed by atoms with van der Waals surface area (Å²) in [6.07, 6.45) is -4.71. The van der Waals surface area contributed by atoms with Gasteiger partial charge in [-0.05, 0) is 0 Å². The number of nitrogen functional groups attached to an aromatic ring is 1. The third kappa shape index (κ3) is 3.48. The van der Waals surface area contributed by atoms with Crippen molar-refractivity contribution >= 4 is 11.7 Å². The Bertz CT molecular complexity index is 462. The van der Waals surface area contributed by atoms with Crippen LogP contribution in [0.2, 0.25) is 0 Å². The van der Waals surface area contributed by atoms with Crippen LogP contribution in [0.1, 0.15) is 11.3 Å². The number of aromatic nitrogens is 1. The molecule has 0 saturated carbocycles. The predicted molar refractivity (Wildman–Crippen MR) is 54.6 cm³/mol. The number of nitrogens with two attached hydrogens (primary N) is 2. The van der Waals surface area contributed by atoms with Crippen LogP contribution in [0.3, 0.4) is 0 Å². The maximum absolute atomic E-state index is 12.2. The van der Waals surface area contributed by atoms with Gasteiger partial charge < -0.3 is 21.3 Å². The number of carbonyl (C=O) groups is 1. The number of carboxylic acids is 1. The molecule has 0 amide bonds. The van der Waals surface area contributed by atoms with Gasteiger partial charge in [0.25, 0.3) is 0 Å². The summed E-state index contributed by atoms with van der Waals surface area (Å²) >= 11 is 0. The average molecular weight is 265 g/mol. The molecule has 0 aliphatic rings. The van der Waals surface area contributed by atoms with E-state index >= 15 is 0 Å². The molecule has 1 aromatic rings. The Morgan fingerprint density at radius 1 is 1.50 bits per heavy atom. The van der Waals surface area contributed by atoms with E-state index < -0.39 is 30.2 Å². The first-order chi connectivity index (χ1) is 8.24. The van der Waals surface area contributed by atoms with E-state index in [0.717, 1.165) is 6.20 Å². The smallest absolute Gasteiger partial charge is 0.481 e. The molecule has 0 fully saturated rings. The van der Waals surface area contributed by atoms with Crippen molar-refractivity contribution in [2.75, 3.05) is 5.73 Å². The molecular formula is C9H10F3N3O3. The summed E-state index contributed by atoms with van der Waals surface area (Å²) in [4.78, 5) is 14.2. The fourth-order valence-corrected chi connectivity index (χ4v) is 1.28. The lowest BCUT2D eigenvalue weighted by atomic mass is 10.1. The van der Waals surface area contributed by atoms with E-state index in [2.05, 4.69) is 9.72 Å². The third-order valence-corrected chi connectivity index (χ3v) is 1.98. The number of hydrogen-bond acceptors (Lipinski definition) is 5. The Hall–Kier alpha value is -2.03. The van der Waals surface area contributed by atoms with E-state index in [-0.39, 0.29) is 17.8 Å². The topological polar surface area (TPSA) is 111 Å². The van der Waals surface area contributed by atoms with Crippen LogP contribution in [0.5, 0.6) is 5.75 Å². The standard InChI is InChI=1S/C9H10F3N3O3/c10-9(11,12)18-8-4(1-6(16)17)3-15-5(2-13)7(8)14/h3H,1-2,13-14H2,(H,16,17). The van der Waals surface area contributed by atoms with Crippen molar-refractivity contribution in [3.05, 3.63) is 17.5 Å². The summed E-state index contributed by atoms with van der Waals surface area (Å²) in [5.41, 5.74) is 9.98. The van der Waals surface area contributed by atoms with E-state index in [4.69, 9.17) is 16.6 Å². The maximum atomic E-state index is 12.2. The molecule has 0 radical (unpaired) electrons. The third-order valence-electron chi connectivity index (χ3n) is 1.98. The summed E-state index contributed by atoms with van der Waals surface area (Å²) in [6, 6.07) is 0. The Morgan fingerprint density at radius 2 is 2.11 bits per heavy atom. The van der Waals surface area contributed by atoms with Gasteiger partial charge in [-0.1, -0.05) is 0 Å². The van der Waals surface area contributed by atoms with Crippen LogP contribution in [-0.4, -0.2) is 22.4 Å². The van der Waals surface area contributed by atoms with Gasteiger partial charge in [0.15, 0.2) is 5.75 Å². The minimum Gasteiger partial charge on any atom is -0.481 e. The van der Waals surface area contributed by atoms with Crippen LogP contribution < -0.4 is 16.2 Å². The largest absolute Gasteiger partial charge is 0.573 e. The van der Waals surface area contributed by atoms with Crippen LogP contribution in [-0.2, 0) is 17.8 Å². The van der Waals surface area contributed by atoms with Gasteiger partial charge in [-0.25, -0.2) is 0 Å². The highest BCUT2D eigenvalue weighted by Gasteiger charge is 2.34. The monoisotopic (exact) mass is 265 g/mol. The SMILES string of the molecule is NCc1ncc(CC(=O)O)c(OC(F)(F)F)c1N. The van der Waals surface area contributed by atoms with Gasteiger partial charge in [0, 0.05) is 18.3 Å². The minimum atomic E-state index is -4.98. The Balaban J connectivity index is 3.26. The molecule has 0 aliphatic carbocycles. The van der Waals surface area contributed by atoms with Gasteiger partial charge in [0.2, 0.25) is 0 Å². The molecule has 0 spiro atoms. The fourth-order valence-electron chi connectivity index (χ4n) is 1.28. The second-order valence-corrected chi connectivity index (χ2v) is 3.30. The zero-order chi connectivity index (χ0) is 13.9. The molecule has 0 atom stereocenters. The maximum Gasteiger partial charge on any atom is 0.573 e.